The van der Waals surface area contributed by atoms with E-state index in [0.717, 1.165) is 21.3 Å². The molecule has 2 rings (SSSR count). The van der Waals surface area contributed by atoms with E-state index in [-0.39, 0.29) is 17.2 Å². The Labute approximate surface area is 129 Å². The lowest BCUT2D eigenvalue weighted by Gasteiger charge is -2.38. The third kappa shape index (κ3) is 3.02. The first kappa shape index (κ1) is 14.6. The molecule has 2 heterocycles. The predicted octanol–water partition coefficient (Wildman–Crippen LogP) is 2.34. The molecule has 104 valence electrons. The van der Waals surface area contributed by atoms with Crippen molar-refractivity contribution in [2.45, 2.75) is 19.8 Å². The Hall–Kier alpha value is -0.830. The number of amides is 1. The van der Waals surface area contributed by atoms with Crippen molar-refractivity contribution in [3.05, 3.63) is 19.9 Å². The van der Waals surface area contributed by atoms with Gasteiger partial charge in [0.2, 0.25) is 0 Å². The van der Waals surface area contributed by atoms with E-state index in [2.05, 4.69) is 27.7 Å². The van der Waals surface area contributed by atoms with Crippen LogP contribution in [0.2, 0.25) is 0 Å². The number of amidine groups is 1. The molecule has 1 amide bonds. The molecule has 0 radical (unpaired) electrons. The maximum atomic E-state index is 12.3. The molecule has 0 spiro atoms. The van der Waals surface area contributed by atoms with Crippen LogP contribution in [-0.2, 0) is 0 Å². The number of nitrogens with two attached hydrogens (primary N) is 1. The van der Waals surface area contributed by atoms with Crippen LogP contribution in [0.1, 0.15) is 30.1 Å². The van der Waals surface area contributed by atoms with Gasteiger partial charge in [0.15, 0.2) is 0 Å². The van der Waals surface area contributed by atoms with Gasteiger partial charge >= 0.3 is 0 Å². The van der Waals surface area contributed by atoms with Crippen molar-refractivity contribution in [3.8, 4) is 0 Å². The molecular formula is C12H16IN3O2S. The maximum Gasteiger partial charge on any atom is 0.254 e. The molecule has 1 aliphatic rings. The van der Waals surface area contributed by atoms with E-state index in [1.165, 1.54) is 0 Å². The van der Waals surface area contributed by atoms with Gasteiger partial charge in [0.05, 0.1) is 8.45 Å². The quantitative estimate of drug-likeness (QED) is 0.266. The Kier molecular flexibility index (Phi) is 4.34. The highest BCUT2D eigenvalue weighted by Gasteiger charge is 2.35. The SMILES string of the molecule is CC1(C(N)=NO)CCN(C(=O)c2csc(I)c2)CC1. The van der Waals surface area contributed by atoms with Crippen LogP contribution in [0.4, 0.5) is 0 Å². The minimum Gasteiger partial charge on any atom is -0.409 e. The number of likely N-dealkylation sites (tertiary alicyclic amines) is 1. The van der Waals surface area contributed by atoms with Crippen molar-refractivity contribution in [2.24, 2.45) is 16.3 Å². The number of piperidine rings is 1. The fourth-order valence-corrected chi connectivity index (χ4v) is 3.51. The van der Waals surface area contributed by atoms with Crippen molar-refractivity contribution in [1.29, 1.82) is 0 Å². The lowest BCUT2D eigenvalue weighted by molar-refractivity contribution is 0.0667. The van der Waals surface area contributed by atoms with Gasteiger partial charge < -0.3 is 15.8 Å². The van der Waals surface area contributed by atoms with Gasteiger partial charge in [-0.25, -0.2) is 0 Å². The summed E-state index contributed by atoms with van der Waals surface area (Å²) >= 11 is 3.78. The molecule has 7 heteroatoms. The van der Waals surface area contributed by atoms with Gasteiger partial charge in [0.1, 0.15) is 5.84 Å². The topological polar surface area (TPSA) is 78.9 Å². The first-order valence-corrected chi connectivity index (χ1v) is 7.93. The van der Waals surface area contributed by atoms with Gasteiger partial charge in [-0.15, -0.1) is 11.3 Å². The Morgan fingerprint density at radius 2 is 2.21 bits per heavy atom. The molecule has 0 atom stereocenters. The predicted molar refractivity (Wildman–Crippen MR) is 83.7 cm³/mol. The Bertz CT molecular complexity index is 507. The summed E-state index contributed by atoms with van der Waals surface area (Å²) in [5.74, 6) is 0.324. The highest BCUT2D eigenvalue weighted by atomic mass is 127. The van der Waals surface area contributed by atoms with Gasteiger partial charge in [0.25, 0.3) is 5.91 Å². The third-order valence-corrected chi connectivity index (χ3v) is 5.48. The van der Waals surface area contributed by atoms with Crippen molar-refractivity contribution < 1.29 is 10.0 Å². The van der Waals surface area contributed by atoms with Crippen LogP contribution in [-0.4, -0.2) is 34.9 Å². The summed E-state index contributed by atoms with van der Waals surface area (Å²) in [4.78, 5) is 14.1. The summed E-state index contributed by atoms with van der Waals surface area (Å²) in [5.41, 5.74) is 6.16. The minimum absolute atomic E-state index is 0.0701. The zero-order chi connectivity index (χ0) is 14.0. The average Bonchev–Trinajstić information content (AvgIpc) is 2.84. The van der Waals surface area contributed by atoms with E-state index in [4.69, 9.17) is 10.9 Å². The number of hydrogen-bond acceptors (Lipinski definition) is 4. The first-order chi connectivity index (χ1) is 8.96. The van der Waals surface area contributed by atoms with Crippen molar-refractivity contribution in [1.82, 2.24) is 4.90 Å². The van der Waals surface area contributed by atoms with Crippen LogP contribution in [0.3, 0.4) is 0 Å². The molecular weight excluding hydrogens is 377 g/mol. The lowest BCUT2D eigenvalue weighted by Crippen LogP contribution is -2.47. The van der Waals surface area contributed by atoms with Gasteiger partial charge in [-0.1, -0.05) is 12.1 Å². The molecule has 0 saturated carbocycles. The Morgan fingerprint density at radius 3 is 2.68 bits per heavy atom. The number of rotatable bonds is 2. The number of carbonyl (C=O) groups is 1. The maximum absolute atomic E-state index is 12.3. The van der Waals surface area contributed by atoms with E-state index in [1.807, 2.05) is 23.3 Å². The normalized spacial score (nSPS) is 19.5. The van der Waals surface area contributed by atoms with Crippen LogP contribution in [0.25, 0.3) is 0 Å². The monoisotopic (exact) mass is 393 g/mol. The second-order valence-corrected chi connectivity index (χ2v) is 7.78. The number of carbonyl (C=O) groups excluding carboxylic acids is 1. The summed E-state index contributed by atoms with van der Waals surface area (Å²) in [6.07, 6.45) is 1.44. The summed E-state index contributed by atoms with van der Waals surface area (Å²) in [6, 6.07) is 1.91. The lowest BCUT2D eigenvalue weighted by atomic mass is 9.79. The average molecular weight is 393 g/mol. The van der Waals surface area contributed by atoms with Gasteiger partial charge in [0, 0.05) is 23.9 Å². The van der Waals surface area contributed by atoms with Crippen LogP contribution in [0, 0.1) is 8.30 Å². The summed E-state index contributed by atoms with van der Waals surface area (Å²) in [6.45, 7) is 3.24. The molecule has 1 saturated heterocycles. The smallest absolute Gasteiger partial charge is 0.254 e. The van der Waals surface area contributed by atoms with E-state index >= 15 is 0 Å². The number of oxime groups is 1. The highest BCUT2D eigenvalue weighted by Crippen LogP contribution is 2.32. The van der Waals surface area contributed by atoms with Gasteiger partial charge in [-0.2, -0.15) is 0 Å². The molecule has 0 aliphatic carbocycles. The van der Waals surface area contributed by atoms with Crippen molar-refractivity contribution in [3.63, 3.8) is 0 Å². The summed E-state index contributed by atoms with van der Waals surface area (Å²) < 4.78 is 1.11. The first-order valence-electron chi connectivity index (χ1n) is 5.97. The van der Waals surface area contributed by atoms with E-state index in [0.29, 0.717) is 13.1 Å². The third-order valence-electron chi connectivity index (χ3n) is 3.69. The van der Waals surface area contributed by atoms with Crippen molar-refractivity contribution in [2.75, 3.05) is 13.1 Å². The van der Waals surface area contributed by atoms with Crippen LogP contribution < -0.4 is 5.73 Å². The van der Waals surface area contributed by atoms with Crippen LogP contribution in [0.5, 0.6) is 0 Å². The summed E-state index contributed by atoms with van der Waals surface area (Å²) in [5, 5.41) is 13.8. The molecule has 5 nitrogen and oxygen atoms in total. The van der Waals surface area contributed by atoms with Crippen LogP contribution >= 0.6 is 33.9 Å². The van der Waals surface area contributed by atoms with E-state index in [9.17, 15) is 4.79 Å². The van der Waals surface area contributed by atoms with E-state index < -0.39 is 0 Å². The molecule has 0 unspecified atom stereocenters. The highest BCUT2D eigenvalue weighted by molar-refractivity contribution is 14.1. The summed E-state index contributed by atoms with van der Waals surface area (Å²) in [7, 11) is 0. The second-order valence-electron chi connectivity index (χ2n) is 4.98. The molecule has 1 aliphatic heterocycles. The molecule has 19 heavy (non-hydrogen) atoms. The zero-order valence-corrected chi connectivity index (χ0v) is 13.6. The number of hydrogen-bond donors (Lipinski definition) is 2. The molecule has 1 aromatic heterocycles. The fourth-order valence-electron chi connectivity index (χ4n) is 2.18. The number of halogens is 1. The molecule has 1 aromatic rings. The van der Waals surface area contributed by atoms with E-state index in [1.54, 1.807) is 11.3 Å². The zero-order valence-electron chi connectivity index (χ0n) is 10.6. The standard InChI is InChI=1S/C12H16IN3O2S/c1-12(11(14)15-18)2-4-16(5-3-12)10(17)8-6-9(13)19-7-8/h6-7,18H,2-5H2,1H3,(H2,14,15). The molecule has 0 aromatic carbocycles. The Morgan fingerprint density at radius 1 is 1.58 bits per heavy atom. The van der Waals surface area contributed by atoms with Crippen LogP contribution in [0.15, 0.2) is 16.6 Å². The Balaban J connectivity index is 2.02. The minimum atomic E-state index is -0.311. The fraction of sp³-hybridized carbons (Fsp3) is 0.500. The van der Waals surface area contributed by atoms with Crippen molar-refractivity contribution >= 4 is 45.7 Å². The molecule has 3 N–H and O–H groups in total. The van der Waals surface area contributed by atoms with Gasteiger partial charge in [-0.05, 0) is 41.5 Å². The molecule has 1 fully saturated rings. The largest absolute Gasteiger partial charge is 0.409 e. The second kappa shape index (κ2) is 5.66. The number of thiophene rings is 1. The number of nitrogens with zero attached hydrogens (tertiary/aromatic N) is 2. The van der Waals surface area contributed by atoms with Gasteiger partial charge in [-0.3, -0.25) is 4.79 Å². The molecule has 0 bridgehead atoms.